The van der Waals surface area contributed by atoms with Crippen LogP contribution in [0.2, 0.25) is 0 Å². The zero-order valence-corrected chi connectivity index (χ0v) is 16.4. The standard InChI is InChI=1S/C22H26N2O3/c1-21(2)15-10-11-16(17(21)12-15)22(3)19(26)24(20(27)23(22)4)13-18(25)14-8-6-5-7-9-14/h5-9,11,15,17H,10,12-13H2,1-4H3/t15?,17-,22?/m0/s1. The molecule has 0 radical (unpaired) electrons. The highest BCUT2D eigenvalue weighted by Crippen LogP contribution is 2.62. The van der Waals surface area contributed by atoms with Gasteiger partial charge in [0.15, 0.2) is 5.78 Å². The van der Waals surface area contributed by atoms with Crippen LogP contribution in [0.4, 0.5) is 4.79 Å². The third kappa shape index (κ3) is 2.33. The highest BCUT2D eigenvalue weighted by atomic mass is 16.2. The second-order valence-electron chi connectivity index (χ2n) is 8.80. The molecule has 142 valence electrons. The fourth-order valence-electron chi connectivity index (χ4n) is 5.07. The molecule has 27 heavy (non-hydrogen) atoms. The second kappa shape index (κ2) is 5.78. The van der Waals surface area contributed by atoms with Gasteiger partial charge in [-0.2, -0.15) is 0 Å². The monoisotopic (exact) mass is 366 g/mol. The quantitative estimate of drug-likeness (QED) is 0.465. The minimum atomic E-state index is -0.999. The summed E-state index contributed by atoms with van der Waals surface area (Å²) in [6.45, 7) is 6.12. The van der Waals surface area contributed by atoms with Gasteiger partial charge in [0.25, 0.3) is 5.91 Å². The number of allylic oxidation sites excluding steroid dienone is 1. The Balaban J connectivity index is 1.63. The molecule has 1 aliphatic heterocycles. The fourth-order valence-corrected chi connectivity index (χ4v) is 5.07. The average Bonchev–Trinajstić information content (AvgIpc) is 2.84. The van der Waals surface area contributed by atoms with Crippen LogP contribution in [-0.2, 0) is 4.79 Å². The van der Waals surface area contributed by atoms with Crippen molar-refractivity contribution in [1.82, 2.24) is 9.80 Å². The van der Waals surface area contributed by atoms with Crippen molar-refractivity contribution in [2.45, 2.75) is 39.2 Å². The van der Waals surface area contributed by atoms with Gasteiger partial charge in [0.1, 0.15) is 5.54 Å². The van der Waals surface area contributed by atoms with Crippen molar-refractivity contribution < 1.29 is 14.4 Å². The highest BCUT2D eigenvalue weighted by molar-refractivity contribution is 6.12. The summed E-state index contributed by atoms with van der Waals surface area (Å²) in [6, 6.07) is 8.40. The highest BCUT2D eigenvalue weighted by Gasteiger charge is 2.62. The summed E-state index contributed by atoms with van der Waals surface area (Å²) in [5, 5.41) is 0. The van der Waals surface area contributed by atoms with Crippen molar-refractivity contribution >= 4 is 17.7 Å². The summed E-state index contributed by atoms with van der Waals surface area (Å²) >= 11 is 0. The number of Topliss-reactive ketones (excluding diaryl/α,β-unsaturated/α-hetero) is 1. The van der Waals surface area contributed by atoms with Gasteiger partial charge in [-0.3, -0.25) is 14.5 Å². The number of carbonyl (C=O) groups is 3. The zero-order chi connectivity index (χ0) is 19.6. The Kier molecular flexibility index (Phi) is 3.85. The number of hydrogen-bond donors (Lipinski definition) is 0. The first kappa shape index (κ1) is 18.0. The molecule has 0 spiro atoms. The zero-order valence-electron chi connectivity index (χ0n) is 16.4. The molecule has 1 heterocycles. The van der Waals surface area contributed by atoms with Crippen molar-refractivity contribution in [1.29, 1.82) is 0 Å². The molecular weight excluding hydrogens is 340 g/mol. The van der Waals surface area contributed by atoms with Gasteiger partial charge in [0.05, 0.1) is 6.54 Å². The first-order valence-corrected chi connectivity index (χ1v) is 9.57. The number of amides is 3. The Morgan fingerprint density at radius 2 is 1.81 bits per heavy atom. The third-order valence-corrected chi connectivity index (χ3v) is 7.28. The maximum atomic E-state index is 13.4. The van der Waals surface area contributed by atoms with Gasteiger partial charge < -0.3 is 4.90 Å². The van der Waals surface area contributed by atoms with Crippen LogP contribution >= 0.6 is 0 Å². The Labute approximate surface area is 160 Å². The van der Waals surface area contributed by atoms with Crippen LogP contribution in [0.1, 0.15) is 44.0 Å². The van der Waals surface area contributed by atoms with Gasteiger partial charge in [-0.05, 0) is 42.6 Å². The molecule has 1 aromatic rings. The van der Waals surface area contributed by atoms with Gasteiger partial charge in [-0.25, -0.2) is 4.79 Å². The van der Waals surface area contributed by atoms with E-state index in [4.69, 9.17) is 0 Å². The average molecular weight is 366 g/mol. The van der Waals surface area contributed by atoms with Crippen LogP contribution in [-0.4, -0.2) is 46.7 Å². The summed E-state index contributed by atoms with van der Waals surface area (Å²) in [4.78, 5) is 41.5. The second-order valence-corrected chi connectivity index (χ2v) is 8.80. The van der Waals surface area contributed by atoms with Crippen LogP contribution in [0.3, 0.4) is 0 Å². The van der Waals surface area contributed by atoms with Gasteiger partial charge in [0.2, 0.25) is 0 Å². The van der Waals surface area contributed by atoms with E-state index < -0.39 is 11.6 Å². The Bertz CT molecular complexity index is 858. The smallest absolute Gasteiger partial charge is 0.309 e. The first-order chi connectivity index (χ1) is 12.7. The van der Waals surface area contributed by atoms with Crippen molar-refractivity contribution in [3.63, 3.8) is 0 Å². The number of ketones is 1. The van der Waals surface area contributed by atoms with Gasteiger partial charge in [-0.15, -0.1) is 0 Å². The molecule has 1 saturated carbocycles. The van der Waals surface area contributed by atoms with Crippen LogP contribution in [0.15, 0.2) is 42.0 Å². The number of nitrogens with zero attached hydrogens (tertiary/aromatic N) is 2. The summed E-state index contributed by atoms with van der Waals surface area (Å²) in [5.41, 5.74) is 0.714. The van der Waals surface area contributed by atoms with Crippen molar-refractivity contribution in [3.05, 3.63) is 47.5 Å². The molecular formula is C22H26N2O3. The predicted molar refractivity (Wildman–Crippen MR) is 102 cm³/mol. The van der Waals surface area contributed by atoms with Crippen LogP contribution in [0.5, 0.6) is 0 Å². The first-order valence-electron chi connectivity index (χ1n) is 9.57. The van der Waals surface area contributed by atoms with Crippen molar-refractivity contribution in [2.75, 3.05) is 13.6 Å². The van der Waals surface area contributed by atoms with E-state index in [-0.39, 0.29) is 23.7 Å². The van der Waals surface area contributed by atoms with Crippen LogP contribution in [0.25, 0.3) is 0 Å². The molecule has 4 aliphatic rings. The number of hydrogen-bond acceptors (Lipinski definition) is 3. The molecule has 0 aromatic heterocycles. The summed E-state index contributed by atoms with van der Waals surface area (Å²) in [6.07, 6.45) is 4.19. The van der Waals surface area contributed by atoms with E-state index in [2.05, 4.69) is 19.9 Å². The summed E-state index contributed by atoms with van der Waals surface area (Å²) < 4.78 is 0. The predicted octanol–water partition coefficient (Wildman–Crippen LogP) is 3.51. The summed E-state index contributed by atoms with van der Waals surface area (Å²) in [7, 11) is 1.67. The van der Waals surface area contributed by atoms with E-state index in [1.165, 1.54) is 4.90 Å². The third-order valence-electron chi connectivity index (χ3n) is 7.28. The molecule has 5 heteroatoms. The van der Waals surface area contributed by atoms with E-state index in [0.717, 1.165) is 23.3 Å². The number of likely N-dealkylation sites (N-methyl/N-ethyl adjacent to an activating group) is 1. The molecule has 0 N–H and O–H groups in total. The Morgan fingerprint density at radius 1 is 1.15 bits per heavy atom. The molecule has 2 bridgehead atoms. The maximum absolute atomic E-state index is 13.4. The normalized spacial score (nSPS) is 31.6. The lowest BCUT2D eigenvalue weighted by Gasteiger charge is -2.59. The largest absolute Gasteiger partial charge is 0.328 e. The minimum Gasteiger partial charge on any atom is -0.309 e. The van der Waals surface area contributed by atoms with Gasteiger partial charge in [0, 0.05) is 12.6 Å². The SMILES string of the molecule is CN1C(=O)N(CC(=O)c2ccccc2)C(=O)C1(C)C1=CCC2C[C@@H]1C2(C)C. The number of rotatable bonds is 4. The van der Waals surface area contributed by atoms with E-state index in [1.807, 2.05) is 13.0 Å². The topological polar surface area (TPSA) is 57.7 Å². The van der Waals surface area contributed by atoms with Gasteiger partial charge >= 0.3 is 6.03 Å². The van der Waals surface area contributed by atoms with Crippen molar-refractivity contribution in [3.8, 4) is 0 Å². The molecule has 2 unspecified atom stereocenters. The lowest BCUT2D eigenvalue weighted by molar-refractivity contribution is -0.132. The lowest BCUT2D eigenvalue weighted by atomic mass is 9.47. The number of fused-ring (bicyclic) bond motifs is 1. The fraction of sp³-hybridized carbons (Fsp3) is 0.500. The summed E-state index contributed by atoms with van der Waals surface area (Å²) in [5.74, 6) is 0.455. The molecule has 2 fully saturated rings. The number of benzene rings is 1. The maximum Gasteiger partial charge on any atom is 0.328 e. The van der Waals surface area contributed by atoms with Crippen LogP contribution in [0, 0.1) is 17.3 Å². The molecule has 1 saturated heterocycles. The van der Waals surface area contributed by atoms with E-state index in [1.54, 1.807) is 31.3 Å². The lowest BCUT2D eigenvalue weighted by Crippen LogP contribution is -2.57. The van der Waals surface area contributed by atoms with Crippen molar-refractivity contribution in [2.24, 2.45) is 17.3 Å². The minimum absolute atomic E-state index is 0.157. The molecule has 5 nitrogen and oxygen atoms in total. The van der Waals surface area contributed by atoms with E-state index in [9.17, 15) is 14.4 Å². The number of carbonyl (C=O) groups excluding carboxylic acids is 3. The Hall–Kier alpha value is -2.43. The van der Waals surface area contributed by atoms with Crippen LogP contribution < -0.4 is 0 Å². The molecule has 3 atom stereocenters. The molecule has 1 aromatic carbocycles. The number of imide groups is 1. The molecule has 3 amide bonds. The molecule has 3 aliphatic carbocycles. The van der Waals surface area contributed by atoms with E-state index in [0.29, 0.717) is 17.4 Å². The Morgan fingerprint density at radius 3 is 2.41 bits per heavy atom. The number of urea groups is 1. The van der Waals surface area contributed by atoms with Gasteiger partial charge in [-0.1, -0.05) is 50.3 Å². The molecule has 5 rings (SSSR count). The van der Waals surface area contributed by atoms with E-state index >= 15 is 0 Å².